The number of ether oxygens (including phenoxy) is 1. The summed E-state index contributed by atoms with van der Waals surface area (Å²) in [6.45, 7) is 1.94. The third-order valence-electron chi connectivity index (χ3n) is 4.21. The fourth-order valence-electron chi connectivity index (χ4n) is 2.92. The van der Waals surface area contributed by atoms with E-state index in [-0.39, 0.29) is 11.8 Å². The Morgan fingerprint density at radius 2 is 2.00 bits per heavy atom. The smallest absolute Gasteiger partial charge is 0.196 e. The molecule has 1 unspecified atom stereocenters. The Hall–Kier alpha value is -3.28. The molecule has 2 aromatic heterocycles. The standard InChI is InChI=1S/C19H17N3O3/c1-11(14-9-12(24-2)7-8-15(14)23)22-19-18-17(20-10-21-19)13-5-3-4-6-16(13)25-18/h3-11,23H,1-2H3,(H,20,21,22). The molecule has 0 aliphatic rings. The molecule has 4 aromatic rings. The Labute approximate surface area is 144 Å². The van der Waals surface area contributed by atoms with Gasteiger partial charge in [0.15, 0.2) is 11.4 Å². The van der Waals surface area contributed by atoms with Gasteiger partial charge in [0.1, 0.15) is 28.9 Å². The number of rotatable bonds is 4. The number of methoxy groups -OCH3 is 1. The van der Waals surface area contributed by atoms with E-state index in [1.165, 1.54) is 6.33 Å². The van der Waals surface area contributed by atoms with Crippen LogP contribution < -0.4 is 10.1 Å². The molecule has 0 fully saturated rings. The fraction of sp³-hybridized carbons (Fsp3) is 0.158. The summed E-state index contributed by atoms with van der Waals surface area (Å²) >= 11 is 0. The van der Waals surface area contributed by atoms with Crippen molar-refractivity contribution < 1.29 is 14.3 Å². The first-order chi connectivity index (χ1) is 12.2. The Morgan fingerprint density at radius 3 is 2.84 bits per heavy atom. The van der Waals surface area contributed by atoms with E-state index >= 15 is 0 Å². The van der Waals surface area contributed by atoms with Crippen molar-refractivity contribution in [2.75, 3.05) is 12.4 Å². The van der Waals surface area contributed by atoms with Crippen molar-refractivity contribution in [3.63, 3.8) is 0 Å². The van der Waals surface area contributed by atoms with Crippen LogP contribution in [0, 0.1) is 0 Å². The maximum absolute atomic E-state index is 10.2. The van der Waals surface area contributed by atoms with Gasteiger partial charge in [-0.3, -0.25) is 0 Å². The molecule has 126 valence electrons. The number of nitrogens with zero attached hydrogens (tertiary/aromatic N) is 2. The van der Waals surface area contributed by atoms with Crippen LogP contribution in [-0.4, -0.2) is 22.2 Å². The summed E-state index contributed by atoms with van der Waals surface area (Å²) in [5.74, 6) is 1.45. The molecule has 0 aliphatic carbocycles. The molecule has 1 atom stereocenters. The minimum atomic E-state index is -0.207. The normalized spacial score (nSPS) is 12.4. The Morgan fingerprint density at radius 1 is 1.16 bits per heavy atom. The molecule has 0 bridgehead atoms. The number of fused-ring (bicyclic) bond motifs is 3. The van der Waals surface area contributed by atoms with E-state index in [1.54, 1.807) is 25.3 Å². The Bertz CT molecular complexity index is 1060. The minimum Gasteiger partial charge on any atom is -0.508 e. The van der Waals surface area contributed by atoms with Gasteiger partial charge < -0.3 is 19.6 Å². The Balaban J connectivity index is 1.75. The first-order valence-corrected chi connectivity index (χ1v) is 7.93. The second-order valence-corrected chi connectivity index (χ2v) is 5.79. The van der Waals surface area contributed by atoms with Crippen LogP contribution in [-0.2, 0) is 0 Å². The highest BCUT2D eigenvalue weighted by molar-refractivity contribution is 6.05. The van der Waals surface area contributed by atoms with Gasteiger partial charge in [0.05, 0.1) is 13.2 Å². The summed E-state index contributed by atoms with van der Waals surface area (Å²) < 4.78 is 11.2. The lowest BCUT2D eigenvalue weighted by Crippen LogP contribution is -2.08. The third-order valence-corrected chi connectivity index (χ3v) is 4.21. The molecule has 2 aromatic carbocycles. The number of aromatic nitrogens is 2. The monoisotopic (exact) mass is 335 g/mol. The molecule has 2 heterocycles. The van der Waals surface area contributed by atoms with Crippen molar-refractivity contribution in [3.8, 4) is 11.5 Å². The lowest BCUT2D eigenvalue weighted by molar-refractivity contribution is 0.410. The number of benzene rings is 2. The van der Waals surface area contributed by atoms with Crippen LogP contribution in [0.2, 0.25) is 0 Å². The molecule has 0 radical (unpaired) electrons. The lowest BCUT2D eigenvalue weighted by atomic mass is 10.1. The summed E-state index contributed by atoms with van der Waals surface area (Å²) in [5, 5.41) is 14.4. The summed E-state index contributed by atoms with van der Waals surface area (Å²) in [4.78, 5) is 8.65. The molecular weight excluding hydrogens is 318 g/mol. The number of hydrogen-bond acceptors (Lipinski definition) is 6. The first kappa shape index (κ1) is 15.3. The van der Waals surface area contributed by atoms with Crippen molar-refractivity contribution in [1.82, 2.24) is 9.97 Å². The predicted octanol–water partition coefficient (Wildman–Crippen LogP) is 4.26. The summed E-state index contributed by atoms with van der Waals surface area (Å²) in [6.07, 6.45) is 1.50. The maximum Gasteiger partial charge on any atom is 0.196 e. The second-order valence-electron chi connectivity index (χ2n) is 5.79. The van der Waals surface area contributed by atoms with E-state index in [0.717, 1.165) is 16.5 Å². The molecule has 0 aliphatic heterocycles. The van der Waals surface area contributed by atoms with Crippen molar-refractivity contribution in [1.29, 1.82) is 0 Å². The molecule has 0 spiro atoms. The second kappa shape index (κ2) is 5.98. The topological polar surface area (TPSA) is 80.4 Å². The van der Waals surface area contributed by atoms with Crippen LogP contribution in [0.4, 0.5) is 5.82 Å². The number of anilines is 1. The number of nitrogens with one attached hydrogen (secondary N) is 1. The molecule has 2 N–H and O–H groups in total. The van der Waals surface area contributed by atoms with Gasteiger partial charge in [-0.1, -0.05) is 12.1 Å². The number of para-hydroxylation sites is 1. The van der Waals surface area contributed by atoms with E-state index < -0.39 is 0 Å². The molecule has 0 amide bonds. The average molecular weight is 335 g/mol. The zero-order valence-corrected chi connectivity index (χ0v) is 13.9. The SMILES string of the molecule is COc1ccc(O)c(C(C)Nc2ncnc3c2oc2ccccc23)c1. The maximum atomic E-state index is 10.2. The molecule has 0 saturated heterocycles. The van der Waals surface area contributed by atoms with Crippen LogP contribution in [0.5, 0.6) is 11.5 Å². The van der Waals surface area contributed by atoms with Crippen LogP contribution in [0.1, 0.15) is 18.5 Å². The third kappa shape index (κ3) is 2.61. The summed E-state index contributed by atoms with van der Waals surface area (Å²) in [7, 11) is 1.59. The average Bonchev–Trinajstić information content (AvgIpc) is 3.02. The van der Waals surface area contributed by atoms with Gasteiger partial charge in [-0.05, 0) is 37.3 Å². The number of furan rings is 1. The van der Waals surface area contributed by atoms with Gasteiger partial charge in [-0.2, -0.15) is 0 Å². The van der Waals surface area contributed by atoms with Crippen molar-refractivity contribution in [2.24, 2.45) is 0 Å². The quantitative estimate of drug-likeness (QED) is 0.580. The van der Waals surface area contributed by atoms with Gasteiger partial charge in [0.2, 0.25) is 0 Å². The largest absolute Gasteiger partial charge is 0.508 e. The number of phenolic OH excluding ortho intramolecular Hbond substituents is 1. The predicted molar refractivity (Wildman–Crippen MR) is 96.0 cm³/mol. The van der Waals surface area contributed by atoms with E-state index in [2.05, 4.69) is 15.3 Å². The zero-order chi connectivity index (χ0) is 17.4. The van der Waals surface area contributed by atoms with Crippen LogP contribution >= 0.6 is 0 Å². The highest BCUT2D eigenvalue weighted by Gasteiger charge is 2.17. The van der Waals surface area contributed by atoms with Gasteiger partial charge in [0.25, 0.3) is 0 Å². The van der Waals surface area contributed by atoms with Crippen LogP contribution in [0.15, 0.2) is 53.2 Å². The molecule has 6 heteroatoms. The minimum absolute atomic E-state index is 0.190. The fourth-order valence-corrected chi connectivity index (χ4v) is 2.92. The molecule has 0 saturated carbocycles. The lowest BCUT2D eigenvalue weighted by Gasteiger charge is -2.17. The van der Waals surface area contributed by atoms with Gasteiger partial charge in [0, 0.05) is 10.9 Å². The number of phenols is 1. The highest BCUT2D eigenvalue weighted by Crippen LogP contribution is 2.34. The van der Waals surface area contributed by atoms with Crippen molar-refractivity contribution >= 4 is 27.9 Å². The first-order valence-electron chi connectivity index (χ1n) is 7.93. The van der Waals surface area contributed by atoms with Gasteiger partial charge in [-0.15, -0.1) is 0 Å². The molecule has 4 rings (SSSR count). The van der Waals surface area contributed by atoms with Crippen molar-refractivity contribution in [3.05, 3.63) is 54.4 Å². The number of hydrogen-bond donors (Lipinski definition) is 2. The van der Waals surface area contributed by atoms with E-state index in [1.807, 2.05) is 31.2 Å². The van der Waals surface area contributed by atoms with Gasteiger partial charge in [-0.25, -0.2) is 9.97 Å². The molecular formula is C19H17N3O3. The van der Waals surface area contributed by atoms with E-state index in [9.17, 15) is 5.11 Å². The van der Waals surface area contributed by atoms with E-state index in [4.69, 9.17) is 9.15 Å². The number of aromatic hydroxyl groups is 1. The van der Waals surface area contributed by atoms with Gasteiger partial charge >= 0.3 is 0 Å². The highest BCUT2D eigenvalue weighted by atomic mass is 16.5. The molecule has 6 nitrogen and oxygen atoms in total. The Kier molecular flexibility index (Phi) is 3.65. The van der Waals surface area contributed by atoms with Crippen LogP contribution in [0.25, 0.3) is 22.1 Å². The summed E-state index contributed by atoms with van der Waals surface area (Å²) in [6, 6.07) is 12.7. The summed E-state index contributed by atoms with van der Waals surface area (Å²) in [5.41, 5.74) is 2.83. The zero-order valence-electron chi connectivity index (χ0n) is 13.9. The molecule has 25 heavy (non-hydrogen) atoms. The van der Waals surface area contributed by atoms with Crippen molar-refractivity contribution in [2.45, 2.75) is 13.0 Å². The van der Waals surface area contributed by atoms with E-state index in [0.29, 0.717) is 22.7 Å². The van der Waals surface area contributed by atoms with Crippen LogP contribution in [0.3, 0.4) is 0 Å².